The predicted molar refractivity (Wildman–Crippen MR) is 155 cm³/mol. The SMILES string of the molecule is COc1ccc(-n2c(SCC(=O)NCc3ccccc3)nc3c(c2=O)C2(CCCC2)Cc2ccccc2-3)cc1. The Bertz CT molecular complexity index is 1560. The predicted octanol–water partition coefficient (Wildman–Crippen LogP) is 5.68. The molecule has 7 heteroatoms. The van der Waals surface area contributed by atoms with Gasteiger partial charge in [0, 0.05) is 17.5 Å². The van der Waals surface area contributed by atoms with Gasteiger partial charge in [0.1, 0.15) is 5.75 Å². The van der Waals surface area contributed by atoms with Crippen LogP contribution in [0.5, 0.6) is 5.75 Å². The van der Waals surface area contributed by atoms with E-state index in [1.54, 1.807) is 11.7 Å². The summed E-state index contributed by atoms with van der Waals surface area (Å²) in [6, 6.07) is 25.6. The number of rotatable bonds is 7. The summed E-state index contributed by atoms with van der Waals surface area (Å²) in [6.45, 7) is 0.457. The number of fused-ring (bicyclic) bond motifs is 4. The Kier molecular flexibility index (Phi) is 7.00. The number of ether oxygens (including phenoxy) is 1. The highest BCUT2D eigenvalue weighted by Gasteiger charge is 2.44. The average Bonchev–Trinajstić information content (AvgIpc) is 3.43. The van der Waals surface area contributed by atoms with Crippen molar-refractivity contribution >= 4 is 17.7 Å². The Morgan fingerprint density at radius 2 is 1.72 bits per heavy atom. The van der Waals surface area contributed by atoms with Crippen LogP contribution in [0, 0.1) is 0 Å². The van der Waals surface area contributed by atoms with Gasteiger partial charge in [-0.25, -0.2) is 4.98 Å². The summed E-state index contributed by atoms with van der Waals surface area (Å²) in [5.74, 6) is 0.763. The summed E-state index contributed by atoms with van der Waals surface area (Å²) in [5, 5.41) is 3.50. The first kappa shape index (κ1) is 25.4. The molecule has 0 aliphatic heterocycles. The van der Waals surface area contributed by atoms with Crippen LogP contribution in [-0.2, 0) is 23.2 Å². The number of benzene rings is 3. The molecule has 0 bridgehead atoms. The average molecular weight is 538 g/mol. The summed E-state index contributed by atoms with van der Waals surface area (Å²) >= 11 is 1.30. The third kappa shape index (κ3) is 4.87. The molecule has 2 aliphatic rings. The van der Waals surface area contributed by atoms with E-state index in [-0.39, 0.29) is 22.6 Å². The molecule has 198 valence electrons. The molecule has 1 aromatic heterocycles. The first-order chi connectivity index (χ1) is 19.1. The summed E-state index contributed by atoms with van der Waals surface area (Å²) < 4.78 is 7.05. The summed E-state index contributed by atoms with van der Waals surface area (Å²) in [4.78, 5) is 32.5. The van der Waals surface area contributed by atoms with Crippen LogP contribution in [0.15, 0.2) is 88.8 Å². The molecule has 3 aromatic carbocycles. The number of hydrogen-bond acceptors (Lipinski definition) is 5. The number of carbonyl (C=O) groups is 1. The van der Waals surface area contributed by atoms with Gasteiger partial charge in [0.25, 0.3) is 5.56 Å². The number of nitrogens with one attached hydrogen (secondary N) is 1. The highest BCUT2D eigenvalue weighted by atomic mass is 32.2. The molecule has 2 aliphatic carbocycles. The van der Waals surface area contributed by atoms with Gasteiger partial charge in [0.15, 0.2) is 5.16 Å². The molecule has 1 saturated carbocycles. The van der Waals surface area contributed by atoms with E-state index in [1.807, 2.05) is 60.7 Å². The van der Waals surface area contributed by atoms with E-state index in [2.05, 4.69) is 23.5 Å². The molecule has 1 fully saturated rings. The molecule has 4 aromatic rings. The second-order valence-corrected chi connectivity index (χ2v) is 11.3. The maximum atomic E-state index is 14.5. The summed E-state index contributed by atoms with van der Waals surface area (Å²) in [6.07, 6.45) is 5.07. The van der Waals surface area contributed by atoms with Crippen LogP contribution in [-0.4, -0.2) is 28.3 Å². The standard InChI is InChI=1S/C32H31N3O3S/c1-38-25-15-13-24(14-16-25)35-30(37)28-29(26-12-6-5-11-23(26)19-32(28)17-7-8-18-32)34-31(35)39-21-27(36)33-20-22-9-3-2-4-10-22/h2-6,9-16H,7-8,17-21H2,1H3,(H,33,36). The molecular weight excluding hydrogens is 506 g/mol. The molecule has 39 heavy (non-hydrogen) atoms. The van der Waals surface area contributed by atoms with Gasteiger partial charge < -0.3 is 10.1 Å². The molecule has 0 atom stereocenters. The summed E-state index contributed by atoms with van der Waals surface area (Å²) in [7, 11) is 1.62. The van der Waals surface area contributed by atoms with E-state index >= 15 is 0 Å². The van der Waals surface area contributed by atoms with Crippen LogP contribution in [0.1, 0.15) is 42.4 Å². The fraction of sp³-hybridized carbons (Fsp3) is 0.281. The Morgan fingerprint density at radius 1 is 1.00 bits per heavy atom. The topological polar surface area (TPSA) is 73.2 Å². The highest BCUT2D eigenvalue weighted by Crippen LogP contribution is 2.50. The van der Waals surface area contributed by atoms with Gasteiger partial charge in [-0.1, -0.05) is 79.2 Å². The minimum Gasteiger partial charge on any atom is -0.497 e. The largest absolute Gasteiger partial charge is 0.497 e. The monoisotopic (exact) mass is 537 g/mol. The lowest BCUT2D eigenvalue weighted by Crippen LogP contribution is -2.40. The third-order valence-corrected chi connectivity index (χ3v) is 8.88. The van der Waals surface area contributed by atoms with Crippen LogP contribution in [0.3, 0.4) is 0 Å². The van der Waals surface area contributed by atoms with Crippen molar-refractivity contribution < 1.29 is 9.53 Å². The number of amides is 1. The lowest BCUT2D eigenvalue weighted by atomic mass is 9.68. The number of methoxy groups -OCH3 is 1. The zero-order chi connectivity index (χ0) is 26.8. The Hall–Kier alpha value is -3.84. The van der Waals surface area contributed by atoms with Gasteiger partial charge in [0.05, 0.1) is 29.8 Å². The third-order valence-electron chi connectivity index (χ3n) is 7.94. The van der Waals surface area contributed by atoms with E-state index in [0.717, 1.165) is 60.2 Å². The first-order valence-electron chi connectivity index (χ1n) is 13.4. The van der Waals surface area contributed by atoms with Gasteiger partial charge in [0.2, 0.25) is 5.91 Å². The Balaban J connectivity index is 1.42. The minimum absolute atomic E-state index is 0.0336. The van der Waals surface area contributed by atoms with Gasteiger partial charge in [-0.2, -0.15) is 0 Å². The van der Waals surface area contributed by atoms with E-state index < -0.39 is 0 Å². The van der Waals surface area contributed by atoms with E-state index in [4.69, 9.17) is 9.72 Å². The quantitative estimate of drug-likeness (QED) is 0.242. The minimum atomic E-state index is -0.196. The van der Waals surface area contributed by atoms with Crippen molar-refractivity contribution in [1.82, 2.24) is 14.9 Å². The van der Waals surface area contributed by atoms with E-state index in [0.29, 0.717) is 17.5 Å². The van der Waals surface area contributed by atoms with Crippen molar-refractivity contribution in [1.29, 1.82) is 0 Å². The molecule has 1 amide bonds. The maximum absolute atomic E-state index is 14.5. The van der Waals surface area contributed by atoms with Gasteiger partial charge >= 0.3 is 0 Å². The normalized spacial score (nSPS) is 15.0. The van der Waals surface area contributed by atoms with Crippen LogP contribution in [0.2, 0.25) is 0 Å². The second kappa shape index (κ2) is 10.7. The van der Waals surface area contributed by atoms with Gasteiger partial charge in [-0.05, 0) is 54.7 Å². The van der Waals surface area contributed by atoms with Crippen molar-refractivity contribution in [3.63, 3.8) is 0 Å². The molecule has 1 heterocycles. The maximum Gasteiger partial charge on any atom is 0.263 e. The van der Waals surface area contributed by atoms with Crippen molar-refractivity contribution in [2.45, 2.75) is 49.2 Å². The van der Waals surface area contributed by atoms with Crippen LogP contribution in [0.25, 0.3) is 16.9 Å². The summed E-state index contributed by atoms with van der Waals surface area (Å²) in [5.41, 5.74) is 5.41. The van der Waals surface area contributed by atoms with Gasteiger partial charge in [-0.3, -0.25) is 14.2 Å². The molecular formula is C32H31N3O3S. The zero-order valence-electron chi connectivity index (χ0n) is 22.0. The number of aromatic nitrogens is 2. The fourth-order valence-electron chi connectivity index (χ4n) is 6.04. The number of hydrogen-bond donors (Lipinski definition) is 1. The zero-order valence-corrected chi connectivity index (χ0v) is 22.8. The van der Waals surface area contributed by atoms with Crippen molar-refractivity contribution in [2.75, 3.05) is 12.9 Å². The smallest absolute Gasteiger partial charge is 0.263 e. The lowest BCUT2D eigenvalue weighted by molar-refractivity contribution is -0.118. The van der Waals surface area contributed by atoms with E-state index in [1.165, 1.54) is 17.3 Å². The second-order valence-electron chi connectivity index (χ2n) is 10.3. The highest BCUT2D eigenvalue weighted by molar-refractivity contribution is 7.99. The van der Waals surface area contributed by atoms with E-state index in [9.17, 15) is 9.59 Å². The molecule has 6 nitrogen and oxygen atoms in total. The number of thioether (sulfide) groups is 1. The van der Waals surface area contributed by atoms with Gasteiger partial charge in [-0.15, -0.1) is 0 Å². The molecule has 0 unspecified atom stereocenters. The van der Waals surface area contributed by atoms with Crippen LogP contribution < -0.4 is 15.6 Å². The van der Waals surface area contributed by atoms with Crippen LogP contribution >= 0.6 is 11.8 Å². The lowest BCUT2D eigenvalue weighted by Gasteiger charge is -2.36. The number of nitrogens with zero attached hydrogens (tertiary/aromatic N) is 2. The number of carbonyl (C=O) groups excluding carboxylic acids is 1. The van der Waals surface area contributed by atoms with Crippen molar-refractivity contribution in [3.05, 3.63) is 106 Å². The molecule has 1 spiro atoms. The van der Waals surface area contributed by atoms with Crippen LogP contribution in [0.4, 0.5) is 0 Å². The molecule has 1 N–H and O–H groups in total. The Labute approximate surface area is 232 Å². The molecule has 0 saturated heterocycles. The fourth-order valence-corrected chi connectivity index (χ4v) is 6.88. The Morgan fingerprint density at radius 3 is 2.46 bits per heavy atom. The first-order valence-corrected chi connectivity index (χ1v) is 14.4. The molecule has 0 radical (unpaired) electrons. The van der Waals surface area contributed by atoms with Crippen molar-refractivity contribution in [3.8, 4) is 22.7 Å². The van der Waals surface area contributed by atoms with Crippen molar-refractivity contribution in [2.24, 2.45) is 0 Å². The molecule has 6 rings (SSSR count).